The molecule has 0 spiro atoms. The van der Waals surface area contributed by atoms with Gasteiger partial charge in [-0.2, -0.15) is 4.98 Å². The Balaban J connectivity index is 1.31. The molecule has 1 saturated heterocycles. The fraction of sp³-hybridized carbons (Fsp3) is 0.417. The third-order valence-corrected chi connectivity index (χ3v) is 6.11. The van der Waals surface area contributed by atoms with Crippen molar-refractivity contribution in [1.29, 1.82) is 0 Å². The van der Waals surface area contributed by atoms with Gasteiger partial charge in [-0.05, 0) is 61.0 Å². The van der Waals surface area contributed by atoms with Gasteiger partial charge < -0.3 is 4.52 Å². The second-order valence-electron chi connectivity index (χ2n) is 8.58. The molecule has 1 fully saturated rings. The van der Waals surface area contributed by atoms with Crippen LogP contribution in [0.2, 0.25) is 5.02 Å². The van der Waals surface area contributed by atoms with Crippen LogP contribution < -0.4 is 0 Å². The summed E-state index contributed by atoms with van der Waals surface area (Å²) in [6, 6.07) is 16.6. The zero-order chi connectivity index (χ0) is 20.3. The van der Waals surface area contributed by atoms with E-state index in [1.807, 2.05) is 12.1 Å². The summed E-state index contributed by atoms with van der Waals surface area (Å²) in [5, 5.41) is 4.95. The van der Waals surface area contributed by atoms with Crippen LogP contribution >= 0.6 is 11.6 Å². The number of halogens is 1. The second kappa shape index (κ2) is 8.68. The van der Waals surface area contributed by atoms with Gasteiger partial charge in [0.1, 0.15) is 0 Å². The summed E-state index contributed by atoms with van der Waals surface area (Å²) < 4.78 is 5.49. The van der Waals surface area contributed by atoms with E-state index in [0.29, 0.717) is 11.7 Å². The molecule has 1 aliphatic heterocycles. The molecule has 0 bridgehead atoms. The summed E-state index contributed by atoms with van der Waals surface area (Å²) in [5.41, 5.74) is 3.72. The monoisotopic (exact) mass is 409 g/mol. The number of aromatic nitrogens is 2. The molecule has 5 heteroatoms. The normalized spacial score (nSPS) is 14.7. The highest BCUT2D eigenvalue weighted by molar-refractivity contribution is 6.30. The van der Waals surface area contributed by atoms with Crippen LogP contribution in [0, 0.1) is 0 Å². The minimum absolute atomic E-state index is 0.0831. The minimum Gasteiger partial charge on any atom is -0.339 e. The van der Waals surface area contributed by atoms with Gasteiger partial charge in [0, 0.05) is 23.6 Å². The summed E-state index contributed by atoms with van der Waals surface area (Å²) in [7, 11) is 0. The quantitative estimate of drug-likeness (QED) is 0.464. The highest BCUT2D eigenvalue weighted by Gasteiger charge is 2.21. The molecule has 4 nitrogen and oxygen atoms in total. The van der Waals surface area contributed by atoms with E-state index in [0.717, 1.165) is 36.4 Å². The van der Waals surface area contributed by atoms with Crippen LogP contribution in [0.3, 0.4) is 0 Å². The molecule has 0 saturated carbocycles. The molecule has 3 aromatic rings. The van der Waals surface area contributed by atoms with Crippen molar-refractivity contribution in [2.45, 2.75) is 51.5 Å². The Morgan fingerprint density at radius 3 is 2.41 bits per heavy atom. The molecule has 0 amide bonds. The molecule has 1 aromatic heterocycles. The van der Waals surface area contributed by atoms with E-state index in [-0.39, 0.29) is 5.41 Å². The predicted molar refractivity (Wildman–Crippen MR) is 117 cm³/mol. The van der Waals surface area contributed by atoms with Crippen molar-refractivity contribution < 1.29 is 4.52 Å². The molecule has 1 aliphatic rings. The summed E-state index contributed by atoms with van der Waals surface area (Å²) >= 11 is 6.01. The first-order chi connectivity index (χ1) is 14.0. The first-order valence-corrected chi connectivity index (χ1v) is 10.8. The first kappa shape index (κ1) is 20.1. The van der Waals surface area contributed by atoms with Gasteiger partial charge in [0.15, 0.2) is 0 Å². The lowest BCUT2D eigenvalue weighted by Gasteiger charge is -2.30. The van der Waals surface area contributed by atoms with Gasteiger partial charge in [-0.25, -0.2) is 0 Å². The molecule has 152 valence electrons. The highest BCUT2D eigenvalue weighted by Crippen LogP contribution is 2.30. The van der Waals surface area contributed by atoms with Crippen LogP contribution in [-0.2, 0) is 18.4 Å². The van der Waals surface area contributed by atoms with E-state index in [4.69, 9.17) is 16.1 Å². The second-order valence-corrected chi connectivity index (χ2v) is 9.02. The van der Waals surface area contributed by atoms with E-state index in [1.165, 1.54) is 30.6 Å². The molecule has 0 atom stereocenters. The molecule has 4 rings (SSSR count). The average Bonchev–Trinajstić information content (AvgIpc) is 3.14. The van der Waals surface area contributed by atoms with Crippen molar-refractivity contribution in [2.24, 2.45) is 0 Å². The minimum atomic E-state index is 0.0831. The third kappa shape index (κ3) is 5.06. The van der Waals surface area contributed by atoms with Crippen LogP contribution in [0.15, 0.2) is 53.1 Å². The fourth-order valence-corrected chi connectivity index (χ4v) is 3.88. The Bertz CT molecular complexity index is 928. The van der Waals surface area contributed by atoms with Crippen molar-refractivity contribution >= 4 is 11.6 Å². The lowest BCUT2D eigenvalue weighted by molar-refractivity contribution is 0.172. The SMILES string of the molecule is CC(C)(CCCc1nc(-c2ccc(CN3CCC3)cc2)no1)c1ccc(Cl)cc1. The topological polar surface area (TPSA) is 42.2 Å². The van der Waals surface area contributed by atoms with E-state index in [1.54, 1.807) is 0 Å². The van der Waals surface area contributed by atoms with E-state index in [2.05, 4.69) is 65.3 Å². The number of rotatable bonds is 8. The molecule has 0 aliphatic carbocycles. The number of nitrogens with zero attached hydrogens (tertiary/aromatic N) is 3. The van der Waals surface area contributed by atoms with Gasteiger partial charge in [-0.3, -0.25) is 4.90 Å². The zero-order valence-electron chi connectivity index (χ0n) is 17.2. The number of hydrogen-bond acceptors (Lipinski definition) is 4. The van der Waals surface area contributed by atoms with Crippen LogP contribution in [0.4, 0.5) is 0 Å². The Morgan fingerprint density at radius 2 is 1.76 bits per heavy atom. The van der Waals surface area contributed by atoms with E-state index in [9.17, 15) is 0 Å². The summed E-state index contributed by atoms with van der Waals surface area (Å²) in [6.45, 7) is 7.98. The first-order valence-electron chi connectivity index (χ1n) is 10.4. The van der Waals surface area contributed by atoms with Gasteiger partial charge in [-0.1, -0.05) is 67.0 Å². The van der Waals surface area contributed by atoms with Crippen molar-refractivity contribution in [3.8, 4) is 11.4 Å². The summed E-state index contributed by atoms with van der Waals surface area (Å²) in [5.74, 6) is 1.38. The average molecular weight is 410 g/mol. The molecule has 29 heavy (non-hydrogen) atoms. The maximum absolute atomic E-state index is 6.01. The molecule has 2 heterocycles. The standard InChI is InChI=1S/C24H28ClN3O/c1-24(2,20-10-12-21(25)13-11-20)14-3-5-22-26-23(27-29-22)19-8-6-18(7-9-19)17-28-15-4-16-28/h6-13H,3-5,14-17H2,1-2H3. The van der Waals surface area contributed by atoms with Crippen LogP contribution in [-0.4, -0.2) is 28.1 Å². The van der Waals surface area contributed by atoms with Gasteiger partial charge in [-0.15, -0.1) is 0 Å². The van der Waals surface area contributed by atoms with Gasteiger partial charge in [0.25, 0.3) is 0 Å². The lowest BCUT2D eigenvalue weighted by Crippen LogP contribution is -2.36. The van der Waals surface area contributed by atoms with E-state index < -0.39 is 0 Å². The molecular formula is C24H28ClN3O. The Labute approximate surface area is 177 Å². The van der Waals surface area contributed by atoms with Crippen LogP contribution in [0.1, 0.15) is 50.1 Å². The molecular weight excluding hydrogens is 382 g/mol. The summed E-state index contributed by atoms with van der Waals surface area (Å²) in [4.78, 5) is 7.05. The number of benzene rings is 2. The molecule has 0 N–H and O–H groups in total. The lowest BCUT2D eigenvalue weighted by atomic mass is 9.80. The van der Waals surface area contributed by atoms with Crippen LogP contribution in [0.5, 0.6) is 0 Å². The molecule has 0 unspecified atom stereocenters. The van der Waals surface area contributed by atoms with Crippen molar-refractivity contribution in [2.75, 3.05) is 13.1 Å². The van der Waals surface area contributed by atoms with Crippen molar-refractivity contribution in [1.82, 2.24) is 15.0 Å². The zero-order valence-corrected chi connectivity index (χ0v) is 18.0. The summed E-state index contributed by atoms with van der Waals surface area (Å²) in [6.07, 6.45) is 4.14. The predicted octanol–water partition coefficient (Wildman–Crippen LogP) is 5.90. The number of likely N-dealkylation sites (tertiary alicyclic amines) is 1. The Hall–Kier alpha value is -2.17. The highest BCUT2D eigenvalue weighted by atomic mass is 35.5. The van der Waals surface area contributed by atoms with Gasteiger partial charge in [0.2, 0.25) is 11.7 Å². The van der Waals surface area contributed by atoms with Gasteiger partial charge in [0.05, 0.1) is 0 Å². The number of aryl methyl sites for hydroxylation is 1. The van der Waals surface area contributed by atoms with E-state index >= 15 is 0 Å². The Morgan fingerprint density at radius 1 is 1.03 bits per heavy atom. The number of hydrogen-bond donors (Lipinski definition) is 0. The maximum atomic E-state index is 6.01. The smallest absolute Gasteiger partial charge is 0.226 e. The third-order valence-electron chi connectivity index (χ3n) is 5.85. The van der Waals surface area contributed by atoms with Crippen molar-refractivity contribution in [3.63, 3.8) is 0 Å². The molecule has 0 radical (unpaired) electrons. The molecule has 2 aromatic carbocycles. The van der Waals surface area contributed by atoms with Crippen LogP contribution in [0.25, 0.3) is 11.4 Å². The Kier molecular flexibility index (Phi) is 6.02. The largest absolute Gasteiger partial charge is 0.339 e. The van der Waals surface area contributed by atoms with Gasteiger partial charge >= 0.3 is 0 Å². The maximum Gasteiger partial charge on any atom is 0.226 e. The van der Waals surface area contributed by atoms with Crippen molar-refractivity contribution in [3.05, 3.63) is 70.6 Å². The fourth-order valence-electron chi connectivity index (χ4n) is 3.76.